The molecule has 0 atom stereocenters. The Morgan fingerprint density at radius 3 is 2.76 bits per heavy atom. The van der Waals surface area contributed by atoms with Gasteiger partial charge in [0.15, 0.2) is 5.16 Å². The van der Waals surface area contributed by atoms with E-state index >= 15 is 0 Å². The molecule has 0 saturated heterocycles. The van der Waals surface area contributed by atoms with E-state index in [1.165, 1.54) is 11.8 Å². The third-order valence-electron chi connectivity index (χ3n) is 2.62. The Morgan fingerprint density at radius 1 is 1.29 bits per heavy atom. The SMILES string of the molecule is Cc1ccccc1-n1cnnc1SCCOCC(F)(F)F. The van der Waals surface area contributed by atoms with Gasteiger partial charge in [0.05, 0.1) is 12.3 Å². The summed E-state index contributed by atoms with van der Waals surface area (Å²) in [5.41, 5.74) is 2.01. The summed E-state index contributed by atoms with van der Waals surface area (Å²) in [5.74, 6) is 0.376. The smallest absolute Gasteiger partial charge is 0.371 e. The van der Waals surface area contributed by atoms with E-state index in [1.807, 2.05) is 35.8 Å². The largest absolute Gasteiger partial charge is 0.411 e. The molecular weight excluding hydrogens is 303 g/mol. The van der Waals surface area contributed by atoms with Crippen molar-refractivity contribution in [2.75, 3.05) is 19.0 Å². The maximum absolute atomic E-state index is 11.9. The van der Waals surface area contributed by atoms with E-state index in [-0.39, 0.29) is 6.61 Å². The first-order valence-electron chi connectivity index (χ1n) is 6.21. The molecule has 0 unspecified atom stereocenters. The van der Waals surface area contributed by atoms with Crippen LogP contribution in [-0.2, 0) is 4.74 Å². The van der Waals surface area contributed by atoms with Gasteiger partial charge in [0, 0.05) is 5.75 Å². The summed E-state index contributed by atoms with van der Waals surface area (Å²) in [4.78, 5) is 0. The van der Waals surface area contributed by atoms with Gasteiger partial charge >= 0.3 is 6.18 Å². The van der Waals surface area contributed by atoms with Crippen LogP contribution in [0.15, 0.2) is 35.7 Å². The number of halogens is 3. The quantitative estimate of drug-likeness (QED) is 0.606. The zero-order chi connectivity index (χ0) is 15.3. The summed E-state index contributed by atoms with van der Waals surface area (Å²) < 4.78 is 42.2. The lowest BCUT2D eigenvalue weighted by Crippen LogP contribution is -2.18. The molecule has 2 aromatic rings. The van der Waals surface area contributed by atoms with Gasteiger partial charge in [0.2, 0.25) is 0 Å². The van der Waals surface area contributed by atoms with E-state index in [1.54, 1.807) is 6.33 Å². The molecule has 4 nitrogen and oxygen atoms in total. The summed E-state index contributed by atoms with van der Waals surface area (Å²) >= 11 is 1.30. The average molecular weight is 317 g/mol. The summed E-state index contributed by atoms with van der Waals surface area (Å²) in [7, 11) is 0. The Bertz CT molecular complexity index is 586. The van der Waals surface area contributed by atoms with Gasteiger partial charge in [0.25, 0.3) is 0 Å². The molecule has 0 radical (unpaired) electrons. The lowest BCUT2D eigenvalue weighted by Gasteiger charge is -2.09. The third kappa shape index (κ3) is 4.75. The zero-order valence-corrected chi connectivity index (χ0v) is 12.1. The summed E-state index contributed by atoms with van der Waals surface area (Å²) in [6.45, 7) is 0.749. The van der Waals surface area contributed by atoms with Crippen molar-refractivity contribution in [3.05, 3.63) is 36.2 Å². The molecular formula is C13H14F3N3OS. The molecule has 0 amide bonds. The molecule has 114 valence electrons. The minimum atomic E-state index is -4.29. The number of rotatable bonds is 6. The number of ether oxygens (including phenoxy) is 1. The summed E-state index contributed by atoms with van der Waals surface area (Å²) in [5, 5.41) is 8.45. The standard InChI is InChI=1S/C13H14F3N3OS/c1-10-4-2-3-5-11(10)19-9-17-18-12(19)21-7-6-20-8-13(14,15)16/h2-5,9H,6-8H2,1H3. The Morgan fingerprint density at radius 2 is 2.05 bits per heavy atom. The van der Waals surface area contributed by atoms with Crippen LogP contribution >= 0.6 is 11.8 Å². The number of aromatic nitrogens is 3. The van der Waals surface area contributed by atoms with Crippen LogP contribution in [0.1, 0.15) is 5.56 Å². The van der Waals surface area contributed by atoms with Crippen LogP contribution in [0, 0.1) is 6.92 Å². The van der Waals surface area contributed by atoms with Crippen molar-refractivity contribution in [1.82, 2.24) is 14.8 Å². The number of thioether (sulfide) groups is 1. The number of hydrogen-bond donors (Lipinski definition) is 0. The number of benzene rings is 1. The van der Waals surface area contributed by atoms with Crippen molar-refractivity contribution in [3.63, 3.8) is 0 Å². The molecule has 8 heteroatoms. The molecule has 0 N–H and O–H groups in total. The van der Waals surface area contributed by atoms with E-state index in [2.05, 4.69) is 14.9 Å². The Kier molecular flexibility index (Phi) is 5.24. The second kappa shape index (κ2) is 6.95. The van der Waals surface area contributed by atoms with Gasteiger partial charge < -0.3 is 4.74 Å². The molecule has 0 aliphatic rings. The first-order valence-corrected chi connectivity index (χ1v) is 7.19. The van der Waals surface area contributed by atoms with Crippen LogP contribution in [0.2, 0.25) is 0 Å². The lowest BCUT2D eigenvalue weighted by molar-refractivity contribution is -0.172. The van der Waals surface area contributed by atoms with Crippen molar-refractivity contribution in [1.29, 1.82) is 0 Å². The monoisotopic (exact) mass is 317 g/mol. The number of aryl methyl sites for hydroxylation is 1. The predicted octanol–water partition coefficient (Wildman–Crippen LogP) is 3.25. The Balaban J connectivity index is 1.91. The van der Waals surface area contributed by atoms with Crippen LogP contribution in [0.3, 0.4) is 0 Å². The fourth-order valence-electron chi connectivity index (χ4n) is 1.70. The molecule has 0 aliphatic heterocycles. The molecule has 0 fully saturated rings. The minimum Gasteiger partial charge on any atom is -0.371 e. The van der Waals surface area contributed by atoms with Crippen molar-refractivity contribution in [2.24, 2.45) is 0 Å². The van der Waals surface area contributed by atoms with Crippen molar-refractivity contribution in [3.8, 4) is 5.69 Å². The fourth-order valence-corrected chi connectivity index (χ4v) is 2.47. The van der Waals surface area contributed by atoms with Gasteiger partial charge in [-0.1, -0.05) is 30.0 Å². The number of nitrogens with zero attached hydrogens (tertiary/aromatic N) is 3. The average Bonchev–Trinajstić information content (AvgIpc) is 2.86. The van der Waals surface area contributed by atoms with Crippen molar-refractivity contribution in [2.45, 2.75) is 18.3 Å². The molecule has 1 aromatic carbocycles. The van der Waals surface area contributed by atoms with Gasteiger partial charge in [-0.3, -0.25) is 4.57 Å². The summed E-state index contributed by atoms with van der Waals surface area (Å²) in [6, 6.07) is 7.74. The Hall–Kier alpha value is -1.54. The highest BCUT2D eigenvalue weighted by Gasteiger charge is 2.27. The van der Waals surface area contributed by atoms with Crippen molar-refractivity contribution >= 4 is 11.8 Å². The molecule has 1 heterocycles. The van der Waals surface area contributed by atoms with Crippen molar-refractivity contribution < 1.29 is 17.9 Å². The highest BCUT2D eigenvalue weighted by Crippen LogP contribution is 2.22. The van der Waals surface area contributed by atoms with E-state index in [4.69, 9.17) is 0 Å². The molecule has 0 bridgehead atoms. The molecule has 21 heavy (non-hydrogen) atoms. The lowest BCUT2D eigenvalue weighted by atomic mass is 10.2. The predicted molar refractivity (Wildman–Crippen MR) is 73.7 cm³/mol. The molecule has 0 aliphatic carbocycles. The molecule has 0 saturated carbocycles. The maximum atomic E-state index is 11.9. The number of para-hydroxylation sites is 1. The van der Waals surface area contributed by atoms with Crippen LogP contribution < -0.4 is 0 Å². The van der Waals surface area contributed by atoms with Gasteiger partial charge in [-0.25, -0.2) is 0 Å². The van der Waals surface area contributed by atoms with Gasteiger partial charge in [-0.15, -0.1) is 10.2 Å². The minimum absolute atomic E-state index is 0.00477. The highest BCUT2D eigenvalue weighted by molar-refractivity contribution is 7.99. The second-order valence-corrected chi connectivity index (χ2v) is 5.35. The summed E-state index contributed by atoms with van der Waals surface area (Å²) in [6.07, 6.45) is -2.70. The van der Waals surface area contributed by atoms with Crippen LogP contribution in [0.25, 0.3) is 5.69 Å². The third-order valence-corrected chi connectivity index (χ3v) is 3.52. The number of alkyl halides is 3. The van der Waals surface area contributed by atoms with E-state index in [0.29, 0.717) is 10.9 Å². The topological polar surface area (TPSA) is 39.9 Å². The van der Waals surface area contributed by atoms with Gasteiger partial charge in [-0.2, -0.15) is 13.2 Å². The van der Waals surface area contributed by atoms with Crippen LogP contribution in [0.5, 0.6) is 0 Å². The molecule has 1 aromatic heterocycles. The zero-order valence-electron chi connectivity index (χ0n) is 11.3. The van der Waals surface area contributed by atoms with E-state index in [9.17, 15) is 13.2 Å². The maximum Gasteiger partial charge on any atom is 0.411 e. The molecule has 2 rings (SSSR count). The van der Waals surface area contributed by atoms with E-state index < -0.39 is 12.8 Å². The van der Waals surface area contributed by atoms with Crippen LogP contribution in [-0.4, -0.2) is 39.9 Å². The molecule has 0 spiro atoms. The highest BCUT2D eigenvalue weighted by atomic mass is 32.2. The second-order valence-electron chi connectivity index (χ2n) is 4.29. The van der Waals surface area contributed by atoms with E-state index in [0.717, 1.165) is 11.3 Å². The van der Waals surface area contributed by atoms with Gasteiger partial charge in [0.1, 0.15) is 12.9 Å². The first-order chi connectivity index (χ1) is 9.97. The van der Waals surface area contributed by atoms with Gasteiger partial charge in [-0.05, 0) is 18.6 Å². The fraction of sp³-hybridized carbons (Fsp3) is 0.385. The number of hydrogen-bond acceptors (Lipinski definition) is 4. The Labute approximate surface area is 124 Å². The first kappa shape index (κ1) is 15.8. The van der Waals surface area contributed by atoms with Crippen LogP contribution in [0.4, 0.5) is 13.2 Å². The normalized spacial score (nSPS) is 11.8.